The normalized spacial score (nSPS) is 11.7. The highest BCUT2D eigenvalue weighted by Crippen LogP contribution is 2.31. The van der Waals surface area contributed by atoms with E-state index in [1.807, 2.05) is 6.07 Å². The second-order valence-electron chi connectivity index (χ2n) is 7.18. The van der Waals surface area contributed by atoms with Crippen molar-refractivity contribution in [3.05, 3.63) is 63.1 Å². The van der Waals surface area contributed by atoms with Gasteiger partial charge in [-0.3, -0.25) is 4.79 Å². The first-order valence-electron chi connectivity index (χ1n) is 8.57. The minimum atomic E-state index is -0.632. The summed E-state index contributed by atoms with van der Waals surface area (Å²) >= 11 is 12.1. The summed E-state index contributed by atoms with van der Waals surface area (Å²) in [6.07, 6.45) is 1.55. The molecular formula is C22H21Cl2NO3. The number of Topliss-reactive ketones (excluding diaryl/α,β-unsaturated/α-hetero) is 1. The maximum atomic E-state index is 12.4. The fraction of sp³-hybridized carbons (Fsp3) is 0.273. The van der Waals surface area contributed by atoms with E-state index in [0.717, 1.165) is 5.56 Å². The third-order valence-electron chi connectivity index (χ3n) is 3.94. The van der Waals surface area contributed by atoms with Crippen LogP contribution in [0.25, 0.3) is 6.08 Å². The Kier molecular flexibility index (Phi) is 7.12. The quantitative estimate of drug-likeness (QED) is 0.420. The first-order valence-corrected chi connectivity index (χ1v) is 9.32. The number of carbonyl (C=O) groups excluding carboxylic acids is 1. The Morgan fingerprint density at radius 3 is 2.43 bits per heavy atom. The molecule has 28 heavy (non-hydrogen) atoms. The van der Waals surface area contributed by atoms with Crippen LogP contribution < -0.4 is 9.47 Å². The van der Waals surface area contributed by atoms with Crippen LogP contribution in [0.2, 0.25) is 10.0 Å². The van der Waals surface area contributed by atoms with Crippen molar-refractivity contribution in [2.75, 3.05) is 7.11 Å². The zero-order chi connectivity index (χ0) is 20.9. The zero-order valence-corrected chi connectivity index (χ0v) is 17.7. The molecule has 0 unspecified atom stereocenters. The molecule has 0 spiro atoms. The number of allylic oxidation sites excluding steroid dienone is 1. The van der Waals surface area contributed by atoms with Crippen LogP contribution in [0.15, 0.2) is 42.0 Å². The van der Waals surface area contributed by atoms with Gasteiger partial charge in [-0.2, -0.15) is 5.26 Å². The van der Waals surface area contributed by atoms with Crippen molar-refractivity contribution in [3.8, 4) is 17.6 Å². The Morgan fingerprint density at radius 1 is 1.14 bits per heavy atom. The number of nitriles is 1. The van der Waals surface area contributed by atoms with E-state index in [1.165, 1.54) is 7.11 Å². The van der Waals surface area contributed by atoms with E-state index in [4.69, 9.17) is 32.7 Å². The van der Waals surface area contributed by atoms with Gasteiger partial charge < -0.3 is 9.47 Å². The van der Waals surface area contributed by atoms with Crippen LogP contribution in [0.4, 0.5) is 0 Å². The highest BCUT2D eigenvalue weighted by atomic mass is 35.5. The fourth-order valence-corrected chi connectivity index (χ4v) is 2.87. The number of halogens is 2. The molecule has 0 saturated carbocycles. The first kappa shape index (κ1) is 21.8. The Labute approximate surface area is 175 Å². The third kappa shape index (κ3) is 5.51. The van der Waals surface area contributed by atoms with Crippen LogP contribution in [0, 0.1) is 16.7 Å². The van der Waals surface area contributed by atoms with Crippen LogP contribution in [0.1, 0.15) is 31.9 Å². The Morgan fingerprint density at radius 2 is 1.86 bits per heavy atom. The molecule has 0 N–H and O–H groups in total. The van der Waals surface area contributed by atoms with E-state index in [-0.39, 0.29) is 18.0 Å². The molecule has 146 valence electrons. The van der Waals surface area contributed by atoms with Crippen LogP contribution in [-0.4, -0.2) is 12.9 Å². The molecule has 0 heterocycles. The lowest BCUT2D eigenvalue weighted by Crippen LogP contribution is -2.21. The second-order valence-corrected chi connectivity index (χ2v) is 8.03. The average molecular weight is 418 g/mol. The summed E-state index contributed by atoms with van der Waals surface area (Å²) in [6.45, 7) is 5.58. The summed E-state index contributed by atoms with van der Waals surface area (Å²) in [6, 6.07) is 12.4. The minimum absolute atomic E-state index is 0.0937. The van der Waals surface area contributed by atoms with Crippen molar-refractivity contribution in [2.45, 2.75) is 27.4 Å². The smallest absolute Gasteiger partial charge is 0.178 e. The molecule has 0 saturated heterocycles. The average Bonchev–Trinajstić information content (AvgIpc) is 2.64. The first-order chi connectivity index (χ1) is 13.2. The number of hydrogen-bond donors (Lipinski definition) is 0. The molecule has 0 radical (unpaired) electrons. The molecule has 0 aromatic heterocycles. The number of rotatable bonds is 6. The monoisotopic (exact) mass is 417 g/mol. The number of benzene rings is 2. The molecular weight excluding hydrogens is 397 g/mol. The SMILES string of the molecule is COc1cc(C=C(C#N)C(=O)C(C)(C)C)ccc1OCc1ccc(Cl)cc1Cl. The van der Waals surface area contributed by atoms with Gasteiger partial charge in [0.25, 0.3) is 0 Å². The maximum Gasteiger partial charge on any atom is 0.178 e. The molecule has 0 atom stereocenters. The summed E-state index contributed by atoms with van der Waals surface area (Å²) in [5, 5.41) is 10.4. The molecule has 0 aliphatic carbocycles. The van der Waals surface area contributed by atoms with Gasteiger partial charge in [-0.15, -0.1) is 0 Å². The predicted molar refractivity (Wildman–Crippen MR) is 112 cm³/mol. The fourth-order valence-electron chi connectivity index (χ4n) is 2.41. The van der Waals surface area contributed by atoms with Gasteiger partial charge in [0.1, 0.15) is 12.7 Å². The minimum Gasteiger partial charge on any atom is -0.493 e. The van der Waals surface area contributed by atoms with Crippen molar-refractivity contribution in [3.63, 3.8) is 0 Å². The molecule has 2 aromatic carbocycles. The highest BCUT2D eigenvalue weighted by molar-refractivity contribution is 6.35. The molecule has 2 rings (SSSR count). The molecule has 2 aromatic rings. The second kappa shape index (κ2) is 9.14. The zero-order valence-electron chi connectivity index (χ0n) is 16.2. The molecule has 4 nitrogen and oxygen atoms in total. The maximum absolute atomic E-state index is 12.4. The molecule has 0 aliphatic heterocycles. The summed E-state index contributed by atoms with van der Waals surface area (Å²) in [4.78, 5) is 12.4. The molecule has 0 bridgehead atoms. The van der Waals surface area contributed by atoms with E-state index in [2.05, 4.69) is 0 Å². The Bertz CT molecular complexity index is 953. The van der Waals surface area contributed by atoms with Gasteiger partial charge in [-0.05, 0) is 35.9 Å². The van der Waals surface area contributed by atoms with Crippen molar-refractivity contribution in [2.24, 2.45) is 5.41 Å². The number of hydrogen-bond acceptors (Lipinski definition) is 4. The lowest BCUT2D eigenvalue weighted by atomic mass is 9.86. The van der Waals surface area contributed by atoms with Gasteiger partial charge in [0.15, 0.2) is 17.3 Å². The summed E-state index contributed by atoms with van der Waals surface area (Å²) in [5.41, 5.74) is 0.922. The lowest BCUT2D eigenvalue weighted by molar-refractivity contribution is -0.121. The molecule has 0 fully saturated rings. The number of methoxy groups -OCH3 is 1. The van der Waals surface area contributed by atoms with Crippen molar-refractivity contribution < 1.29 is 14.3 Å². The van der Waals surface area contributed by atoms with Crippen molar-refractivity contribution in [1.82, 2.24) is 0 Å². The van der Waals surface area contributed by atoms with E-state index < -0.39 is 5.41 Å². The number of carbonyl (C=O) groups is 1. The van der Waals surface area contributed by atoms with Gasteiger partial charge >= 0.3 is 0 Å². The van der Waals surface area contributed by atoms with E-state index in [1.54, 1.807) is 63.2 Å². The van der Waals surface area contributed by atoms with E-state index >= 15 is 0 Å². The molecule has 0 amide bonds. The number of nitrogens with zero attached hydrogens (tertiary/aromatic N) is 1. The number of ketones is 1. The van der Waals surface area contributed by atoms with E-state index in [0.29, 0.717) is 27.1 Å². The van der Waals surface area contributed by atoms with Gasteiger partial charge in [-0.25, -0.2) is 0 Å². The third-order valence-corrected chi connectivity index (χ3v) is 4.53. The summed E-state index contributed by atoms with van der Waals surface area (Å²) in [7, 11) is 1.52. The van der Waals surface area contributed by atoms with Gasteiger partial charge in [0.05, 0.1) is 12.7 Å². The van der Waals surface area contributed by atoms with Crippen LogP contribution >= 0.6 is 23.2 Å². The van der Waals surface area contributed by atoms with Gasteiger partial charge in [0.2, 0.25) is 0 Å². The Balaban J connectivity index is 2.25. The topological polar surface area (TPSA) is 59.3 Å². The van der Waals surface area contributed by atoms with Crippen molar-refractivity contribution in [1.29, 1.82) is 5.26 Å². The summed E-state index contributed by atoms with van der Waals surface area (Å²) in [5.74, 6) is 0.789. The largest absolute Gasteiger partial charge is 0.493 e. The standard InChI is InChI=1S/C22H21Cl2NO3/c1-22(2,3)21(26)16(12-25)9-14-5-8-19(20(10-14)27-4)28-13-15-6-7-17(23)11-18(15)24/h5-11H,13H2,1-4H3. The van der Waals surface area contributed by atoms with E-state index in [9.17, 15) is 10.1 Å². The van der Waals surface area contributed by atoms with Gasteiger partial charge in [-0.1, -0.05) is 56.1 Å². The van der Waals surface area contributed by atoms with Crippen LogP contribution in [0.3, 0.4) is 0 Å². The molecule has 0 aliphatic rings. The van der Waals surface area contributed by atoms with Crippen LogP contribution in [-0.2, 0) is 11.4 Å². The lowest BCUT2D eigenvalue weighted by Gasteiger charge is -2.16. The van der Waals surface area contributed by atoms with Gasteiger partial charge in [0, 0.05) is 21.0 Å². The summed E-state index contributed by atoms with van der Waals surface area (Å²) < 4.78 is 11.2. The van der Waals surface area contributed by atoms with Crippen LogP contribution in [0.5, 0.6) is 11.5 Å². The predicted octanol–water partition coefficient (Wildman–Crippen LogP) is 6.10. The number of ether oxygens (including phenoxy) is 2. The van der Waals surface area contributed by atoms with Crippen molar-refractivity contribution >= 4 is 35.1 Å². The Hall–Kier alpha value is -2.48. The highest BCUT2D eigenvalue weighted by Gasteiger charge is 2.25. The molecule has 6 heteroatoms.